The minimum absolute atomic E-state index is 0.233. The van der Waals surface area contributed by atoms with Crippen LogP contribution in [0.5, 0.6) is 0 Å². The maximum absolute atomic E-state index is 4.30. The zero-order valence-electron chi connectivity index (χ0n) is 6.70. The van der Waals surface area contributed by atoms with Gasteiger partial charge >= 0.3 is 0 Å². The SMILES string of the molecule is C1=Nc2ncncc2C12CCC2. The lowest BCUT2D eigenvalue weighted by Crippen LogP contribution is -2.33. The molecule has 1 saturated carbocycles. The van der Waals surface area contributed by atoms with Gasteiger partial charge in [0, 0.05) is 23.4 Å². The van der Waals surface area contributed by atoms with Crippen molar-refractivity contribution < 1.29 is 0 Å². The smallest absolute Gasteiger partial charge is 0.159 e. The van der Waals surface area contributed by atoms with Crippen LogP contribution >= 0.6 is 0 Å². The molecule has 0 N–H and O–H groups in total. The van der Waals surface area contributed by atoms with Crippen molar-refractivity contribution >= 4 is 12.0 Å². The highest BCUT2D eigenvalue weighted by Crippen LogP contribution is 2.48. The minimum Gasteiger partial charge on any atom is -0.244 e. The van der Waals surface area contributed by atoms with Crippen molar-refractivity contribution in [2.75, 3.05) is 0 Å². The van der Waals surface area contributed by atoms with Gasteiger partial charge in [-0.05, 0) is 12.8 Å². The fourth-order valence-corrected chi connectivity index (χ4v) is 1.99. The predicted octanol–water partition coefficient (Wildman–Crippen LogP) is 1.61. The van der Waals surface area contributed by atoms with E-state index < -0.39 is 0 Å². The van der Waals surface area contributed by atoms with Gasteiger partial charge in [-0.1, -0.05) is 6.42 Å². The Balaban J connectivity index is 2.19. The van der Waals surface area contributed by atoms with Crippen molar-refractivity contribution in [3.05, 3.63) is 18.1 Å². The number of rotatable bonds is 0. The Morgan fingerprint density at radius 2 is 2.25 bits per heavy atom. The topological polar surface area (TPSA) is 38.1 Å². The molecule has 2 heterocycles. The molecule has 1 spiro atoms. The van der Waals surface area contributed by atoms with Gasteiger partial charge in [0.15, 0.2) is 5.82 Å². The largest absolute Gasteiger partial charge is 0.244 e. The van der Waals surface area contributed by atoms with Crippen molar-refractivity contribution in [1.29, 1.82) is 0 Å². The number of hydrogen-bond acceptors (Lipinski definition) is 3. The van der Waals surface area contributed by atoms with E-state index in [9.17, 15) is 0 Å². The van der Waals surface area contributed by atoms with Crippen molar-refractivity contribution in [3.8, 4) is 0 Å². The Morgan fingerprint density at radius 3 is 3.00 bits per heavy atom. The molecular formula is C9H9N3. The Labute approximate surface area is 70.6 Å². The molecule has 0 atom stereocenters. The molecular weight excluding hydrogens is 150 g/mol. The summed E-state index contributed by atoms with van der Waals surface area (Å²) in [6, 6.07) is 0. The first-order valence-corrected chi connectivity index (χ1v) is 4.26. The molecule has 12 heavy (non-hydrogen) atoms. The second-order valence-corrected chi connectivity index (χ2v) is 3.53. The molecule has 1 aliphatic carbocycles. The van der Waals surface area contributed by atoms with Gasteiger partial charge in [-0.25, -0.2) is 15.0 Å². The third kappa shape index (κ3) is 0.594. The quantitative estimate of drug-likeness (QED) is 0.576. The number of nitrogens with zero attached hydrogens (tertiary/aromatic N) is 3. The van der Waals surface area contributed by atoms with Gasteiger partial charge in [0.05, 0.1) is 0 Å². The van der Waals surface area contributed by atoms with E-state index in [2.05, 4.69) is 21.2 Å². The highest BCUT2D eigenvalue weighted by molar-refractivity contribution is 5.84. The van der Waals surface area contributed by atoms with E-state index in [1.54, 1.807) is 6.33 Å². The fourth-order valence-electron chi connectivity index (χ4n) is 1.99. The Bertz CT molecular complexity index is 353. The van der Waals surface area contributed by atoms with Gasteiger partial charge < -0.3 is 0 Å². The van der Waals surface area contributed by atoms with Crippen LogP contribution < -0.4 is 0 Å². The van der Waals surface area contributed by atoms with E-state index in [0.29, 0.717) is 0 Å². The van der Waals surface area contributed by atoms with Crippen LogP contribution in [0.2, 0.25) is 0 Å². The van der Waals surface area contributed by atoms with E-state index in [4.69, 9.17) is 0 Å². The number of aromatic nitrogens is 2. The van der Waals surface area contributed by atoms with Crippen LogP contribution in [0.1, 0.15) is 24.8 Å². The summed E-state index contributed by atoms with van der Waals surface area (Å²) in [5.74, 6) is 0.879. The zero-order valence-corrected chi connectivity index (χ0v) is 6.70. The maximum atomic E-state index is 4.30. The van der Waals surface area contributed by atoms with Gasteiger partial charge in [-0.3, -0.25) is 0 Å². The molecule has 0 bridgehead atoms. The lowest BCUT2D eigenvalue weighted by atomic mass is 9.67. The number of aliphatic imine (C=N–C) groups is 1. The third-order valence-electron chi connectivity index (χ3n) is 2.91. The Kier molecular flexibility index (Phi) is 1.00. The molecule has 3 rings (SSSR count). The summed E-state index contributed by atoms with van der Waals surface area (Å²) >= 11 is 0. The fraction of sp³-hybridized carbons (Fsp3) is 0.444. The Hall–Kier alpha value is -1.25. The predicted molar refractivity (Wildman–Crippen MR) is 45.7 cm³/mol. The van der Waals surface area contributed by atoms with Gasteiger partial charge in [-0.2, -0.15) is 0 Å². The molecule has 0 amide bonds. The van der Waals surface area contributed by atoms with E-state index >= 15 is 0 Å². The Morgan fingerprint density at radius 1 is 1.33 bits per heavy atom. The van der Waals surface area contributed by atoms with Crippen LogP contribution in [0.3, 0.4) is 0 Å². The third-order valence-corrected chi connectivity index (χ3v) is 2.91. The van der Waals surface area contributed by atoms with E-state index in [-0.39, 0.29) is 5.41 Å². The van der Waals surface area contributed by atoms with Crippen molar-refractivity contribution in [2.24, 2.45) is 4.99 Å². The van der Waals surface area contributed by atoms with Crippen LogP contribution in [-0.2, 0) is 5.41 Å². The normalized spacial score (nSPS) is 22.3. The summed E-state index contributed by atoms with van der Waals surface area (Å²) in [6.07, 6.45) is 9.27. The summed E-state index contributed by atoms with van der Waals surface area (Å²) in [4.78, 5) is 12.5. The summed E-state index contributed by atoms with van der Waals surface area (Å²) in [6.45, 7) is 0. The minimum atomic E-state index is 0.233. The molecule has 60 valence electrons. The van der Waals surface area contributed by atoms with Gasteiger partial charge in [-0.15, -0.1) is 0 Å². The average Bonchev–Trinajstić information content (AvgIpc) is 2.42. The molecule has 1 aliphatic heterocycles. The van der Waals surface area contributed by atoms with Crippen LogP contribution in [0, 0.1) is 0 Å². The molecule has 1 aromatic rings. The zero-order chi connectivity index (χ0) is 8.02. The van der Waals surface area contributed by atoms with Crippen LogP contribution in [0.4, 0.5) is 5.82 Å². The maximum Gasteiger partial charge on any atom is 0.159 e. The molecule has 0 aromatic carbocycles. The summed E-state index contributed by atoms with van der Waals surface area (Å²) < 4.78 is 0. The summed E-state index contributed by atoms with van der Waals surface area (Å²) in [5, 5.41) is 0. The van der Waals surface area contributed by atoms with Crippen molar-refractivity contribution in [3.63, 3.8) is 0 Å². The van der Waals surface area contributed by atoms with E-state index in [0.717, 1.165) is 5.82 Å². The molecule has 1 aromatic heterocycles. The van der Waals surface area contributed by atoms with Crippen LogP contribution in [0.25, 0.3) is 0 Å². The molecule has 0 unspecified atom stereocenters. The van der Waals surface area contributed by atoms with Crippen LogP contribution in [0.15, 0.2) is 17.5 Å². The van der Waals surface area contributed by atoms with Gasteiger partial charge in [0.2, 0.25) is 0 Å². The van der Waals surface area contributed by atoms with Crippen LogP contribution in [-0.4, -0.2) is 16.2 Å². The lowest BCUT2D eigenvalue weighted by molar-refractivity contribution is 0.352. The highest BCUT2D eigenvalue weighted by Gasteiger charge is 2.42. The van der Waals surface area contributed by atoms with Gasteiger partial charge in [0.1, 0.15) is 6.33 Å². The molecule has 0 saturated heterocycles. The first-order valence-electron chi connectivity index (χ1n) is 4.26. The second-order valence-electron chi connectivity index (χ2n) is 3.53. The van der Waals surface area contributed by atoms with Crippen molar-refractivity contribution in [1.82, 2.24) is 9.97 Å². The molecule has 3 heteroatoms. The molecule has 2 aliphatic rings. The molecule has 1 fully saturated rings. The van der Waals surface area contributed by atoms with E-state index in [1.165, 1.54) is 24.8 Å². The standard InChI is InChI=1S/C9H9N3/c1-2-9(3-1)5-11-8-7(9)4-10-6-12-8/h4-6H,1-3H2. The second kappa shape index (κ2) is 1.91. The summed E-state index contributed by atoms with van der Waals surface area (Å²) in [5.41, 5.74) is 1.47. The highest BCUT2D eigenvalue weighted by atomic mass is 15.0. The summed E-state index contributed by atoms with van der Waals surface area (Å²) in [7, 11) is 0. The molecule has 0 radical (unpaired) electrons. The first-order chi connectivity index (χ1) is 5.91. The number of hydrogen-bond donors (Lipinski definition) is 0. The lowest BCUT2D eigenvalue weighted by Gasteiger charge is -2.35. The monoisotopic (exact) mass is 159 g/mol. The first kappa shape index (κ1) is 6.29. The number of fused-ring (bicyclic) bond motifs is 2. The van der Waals surface area contributed by atoms with E-state index in [1.807, 2.05) is 6.20 Å². The average molecular weight is 159 g/mol. The van der Waals surface area contributed by atoms with Gasteiger partial charge in [0.25, 0.3) is 0 Å². The molecule has 3 nitrogen and oxygen atoms in total. The van der Waals surface area contributed by atoms with Crippen molar-refractivity contribution in [2.45, 2.75) is 24.7 Å².